The minimum atomic E-state index is -0.221. The van der Waals surface area contributed by atoms with Crippen molar-refractivity contribution in [3.8, 4) is 0 Å². The van der Waals surface area contributed by atoms with Gasteiger partial charge in [0.2, 0.25) is 5.95 Å². The van der Waals surface area contributed by atoms with Crippen molar-refractivity contribution in [1.29, 1.82) is 0 Å². The van der Waals surface area contributed by atoms with Crippen LogP contribution in [0.25, 0.3) is 11.0 Å². The van der Waals surface area contributed by atoms with E-state index in [0.717, 1.165) is 73.7 Å². The number of halogens is 1. The normalized spacial score (nSPS) is 14.8. The number of imidazole rings is 1. The number of hydrogen-bond donors (Lipinski definition) is 0. The Morgan fingerprint density at radius 1 is 0.841 bits per heavy atom. The zero-order valence-corrected chi connectivity index (χ0v) is 25.4. The van der Waals surface area contributed by atoms with Crippen LogP contribution in [-0.2, 0) is 6.54 Å². The zero-order chi connectivity index (χ0) is 30.3. The second kappa shape index (κ2) is 13.9. The summed E-state index contributed by atoms with van der Waals surface area (Å²) in [4.78, 5) is 25.0. The molecule has 44 heavy (non-hydrogen) atoms. The number of rotatable bonds is 10. The highest BCUT2D eigenvalue weighted by molar-refractivity contribution is 5.94. The molecule has 0 spiro atoms. The quantitative estimate of drug-likeness (QED) is 0.182. The molecule has 1 aromatic heterocycles. The molecule has 1 saturated heterocycles. The topological polar surface area (TPSA) is 44.6 Å². The molecule has 226 valence electrons. The van der Waals surface area contributed by atoms with Gasteiger partial charge in [0.1, 0.15) is 5.82 Å². The van der Waals surface area contributed by atoms with Crippen molar-refractivity contribution in [2.75, 3.05) is 51.2 Å². The monoisotopic (exact) mass is 589 g/mol. The minimum Gasteiger partial charge on any atom is -0.341 e. The van der Waals surface area contributed by atoms with Gasteiger partial charge in [0.05, 0.1) is 17.6 Å². The third-order valence-corrected chi connectivity index (χ3v) is 8.69. The van der Waals surface area contributed by atoms with Crippen molar-refractivity contribution in [2.24, 2.45) is 0 Å². The maximum atomic E-state index is 13.6. The molecule has 6 nitrogen and oxygen atoms in total. The van der Waals surface area contributed by atoms with Crippen LogP contribution in [0.4, 0.5) is 10.3 Å². The Morgan fingerprint density at radius 3 is 2.32 bits per heavy atom. The maximum Gasteiger partial charge on any atom is 0.253 e. The van der Waals surface area contributed by atoms with E-state index < -0.39 is 0 Å². The molecule has 0 saturated carbocycles. The van der Waals surface area contributed by atoms with Crippen molar-refractivity contribution in [1.82, 2.24) is 19.4 Å². The third-order valence-electron chi connectivity index (χ3n) is 8.69. The summed E-state index contributed by atoms with van der Waals surface area (Å²) in [5, 5.41) is 0. The minimum absolute atomic E-state index is 0.0560. The van der Waals surface area contributed by atoms with Gasteiger partial charge >= 0.3 is 0 Å². The van der Waals surface area contributed by atoms with Crippen LogP contribution in [0, 0.1) is 5.82 Å². The van der Waals surface area contributed by atoms with E-state index in [4.69, 9.17) is 4.98 Å². The number of anilines is 1. The van der Waals surface area contributed by atoms with Gasteiger partial charge in [-0.1, -0.05) is 72.8 Å². The summed E-state index contributed by atoms with van der Waals surface area (Å²) in [6, 6.07) is 35.1. The van der Waals surface area contributed by atoms with Crippen molar-refractivity contribution >= 4 is 22.9 Å². The Morgan fingerprint density at radius 2 is 1.55 bits per heavy atom. The van der Waals surface area contributed by atoms with Gasteiger partial charge in [-0.25, -0.2) is 9.37 Å². The molecule has 1 aliphatic rings. The van der Waals surface area contributed by atoms with Gasteiger partial charge in [0, 0.05) is 44.7 Å². The summed E-state index contributed by atoms with van der Waals surface area (Å²) >= 11 is 0. The average molecular weight is 590 g/mol. The number of likely N-dealkylation sites (N-methyl/N-ethyl adjacent to an activating group) is 1. The molecule has 1 amide bonds. The van der Waals surface area contributed by atoms with E-state index in [0.29, 0.717) is 13.1 Å². The molecule has 1 unspecified atom stereocenters. The average Bonchev–Trinajstić information content (AvgIpc) is 3.25. The first-order valence-corrected chi connectivity index (χ1v) is 15.6. The highest BCUT2D eigenvalue weighted by atomic mass is 19.1. The number of fused-ring (bicyclic) bond motifs is 1. The largest absolute Gasteiger partial charge is 0.341 e. The standard InChI is InChI=1S/C37H40FN5O/c1-40(36(44)31-13-6-3-7-14-31)28-32(30-11-4-2-5-12-30)21-24-41-22-10-23-42(26-25-41)37-39-34-15-8-9-16-35(34)43(37)27-29-17-19-33(38)20-18-29/h2-9,11-20,32H,10,21-28H2,1H3. The summed E-state index contributed by atoms with van der Waals surface area (Å²) in [5.41, 5.74) is 5.11. The Bertz CT molecular complexity index is 1650. The maximum absolute atomic E-state index is 13.6. The highest BCUT2D eigenvalue weighted by Gasteiger charge is 2.23. The summed E-state index contributed by atoms with van der Waals surface area (Å²) in [6.07, 6.45) is 2.02. The predicted molar refractivity (Wildman–Crippen MR) is 176 cm³/mol. The fourth-order valence-corrected chi connectivity index (χ4v) is 6.27. The summed E-state index contributed by atoms with van der Waals surface area (Å²) in [5.74, 6) is 1.05. The lowest BCUT2D eigenvalue weighted by Crippen LogP contribution is -2.35. The van der Waals surface area contributed by atoms with E-state index in [1.807, 2.05) is 72.6 Å². The van der Waals surface area contributed by atoms with Crippen molar-refractivity contribution in [2.45, 2.75) is 25.3 Å². The van der Waals surface area contributed by atoms with Crippen LogP contribution in [0.2, 0.25) is 0 Å². The number of amides is 1. The molecule has 1 atom stereocenters. The fraction of sp³-hybridized carbons (Fsp3) is 0.297. The molecular formula is C37H40FN5O. The zero-order valence-electron chi connectivity index (χ0n) is 25.4. The van der Waals surface area contributed by atoms with E-state index in [2.05, 4.69) is 50.8 Å². The second-order valence-electron chi connectivity index (χ2n) is 11.7. The van der Waals surface area contributed by atoms with Crippen LogP contribution in [0.5, 0.6) is 0 Å². The molecule has 0 bridgehead atoms. The third kappa shape index (κ3) is 7.00. The van der Waals surface area contributed by atoms with Crippen LogP contribution < -0.4 is 4.90 Å². The molecule has 1 aliphatic heterocycles. The first kappa shape index (κ1) is 29.6. The van der Waals surface area contributed by atoms with Crippen LogP contribution in [-0.4, -0.2) is 71.6 Å². The number of para-hydroxylation sites is 2. The first-order chi connectivity index (χ1) is 21.5. The summed E-state index contributed by atoms with van der Waals surface area (Å²) in [6.45, 7) is 6.06. The summed E-state index contributed by atoms with van der Waals surface area (Å²) < 4.78 is 15.9. The van der Waals surface area contributed by atoms with E-state index in [1.54, 1.807) is 0 Å². The Balaban J connectivity index is 1.14. The molecule has 7 heteroatoms. The molecule has 0 N–H and O–H groups in total. The number of hydrogen-bond acceptors (Lipinski definition) is 4. The predicted octanol–water partition coefficient (Wildman–Crippen LogP) is 6.68. The molecule has 4 aromatic carbocycles. The second-order valence-corrected chi connectivity index (χ2v) is 11.7. The van der Waals surface area contributed by atoms with Gasteiger partial charge in [0.25, 0.3) is 5.91 Å². The van der Waals surface area contributed by atoms with Gasteiger partial charge in [-0.2, -0.15) is 0 Å². The molecule has 5 aromatic rings. The van der Waals surface area contributed by atoms with Crippen LogP contribution in [0.15, 0.2) is 109 Å². The van der Waals surface area contributed by atoms with Gasteiger partial charge in [-0.15, -0.1) is 0 Å². The number of carbonyl (C=O) groups excluding carboxylic acids is 1. The van der Waals surface area contributed by atoms with Crippen molar-refractivity contribution in [3.05, 3.63) is 132 Å². The molecule has 0 radical (unpaired) electrons. The SMILES string of the molecule is CN(CC(CCN1CCCN(c2nc3ccccc3n2Cc2ccc(F)cc2)CC1)c1ccccc1)C(=O)c1ccccc1. The lowest BCUT2D eigenvalue weighted by Gasteiger charge is -2.28. The van der Waals surface area contributed by atoms with Crippen LogP contribution in [0.1, 0.15) is 40.2 Å². The Labute approximate surface area is 259 Å². The molecule has 6 rings (SSSR count). The van der Waals surface area contributed by atoms with E-state index >= 15 is 0 Å². The van der Waals surface area contributed by atoms with Crippen LogP contribution >= 0.6 is 0 Å². The first-order valence-electron chi connectivity index (χ1n) is 15.6. The van der Waals surface area contributed by atoms with Gasteiger partial charge in [-0.3, -0.25) is 4.79 Å². The molecule has 2 heterocycles. The van der Waals surface area contributed by atoms with Gasteiger partial charge < -0.3 is 19.3 Å². The van der Waals surface area contributed by atoms with E-state index in [9.17, 15) is 9.18 Å². The Hall–Kier alpha value is -4.49. The van der Waals surface area contributed by atoms with Crippen LogP contribution in [0.3, 0.4) is 0 Å². The molecule has 1 fully saturated rings. The highest BCUT2D eigenvalue weighted by Crippen LogP contribution is 2.26. The lowest BCUT2D eigenvalue weighted by molar-refractivity contribution is 0.0782. The van der Waals surface area contributed by atoms with Crippen molar-refractivity contribution < 1.29 is 9.18 Å². The van der Waals surface area contributed by atoms with Crippen molar-refractivity contribution in [3.63, 3.8) is 0 Å². The lowest BCUT2D eigenvalue weighted by atomic mass is 9.94. The van der Waals surface area contributed by atoms with E-state index in [1.165, 1.54) is 17.7 Å². The number of nitrogens with zero attached hydrogens (tertiary/aromatic N) is 5. The number of carbonyl (C=O) groups is 1. The van der Waals surface area contributed by atoms with Gasteiger partial charge in [-0.05, 0) is 73.5 Å². The van der Waals surface area contributed by atoms with E-state index in [-0.39, 0.29) is 17.6 Å². The summed E-state index contributed by atoms with van der Waals surface area (Å²) in [7, 11) is 1.91. The smallest absolute Gasteiger partial charge is 0.253 e. The molecule has 0 aliphatic carbocycles. The van der Waals surface area contributed by atoms with Gasteiger partial charge in [0.15, 0.2) is 0 Å². The fourth-order valence-electron chi connectivity index (χ4n) is 6.27. The number of benzene rings is 4. The number of aromatic nitrogens is 2. The Kier molecular flexibility index (Phi) is 9.32. The molecular weight excluding hydrogens is 549 g/mol.